The van der Waals surface area contributed by atoms with Gasteiger partial charge in [0.1, 0.15) is 0 Å². The molecule has 0 unspecified atom stereocenters. The minimum Gasteiger partial charge on any atom is -0.343 e. The van der Waals surface area contributed by atoms with Crippen LogP contribution in [0.3, 0.4) is 0 Å². The van der Waals surface area contributed by atoms with Crippen LogP contribution in [0.4, 0.5) is 0 Å². The van der Waals surface area contributed by atoms with Gasteiger partial charge in [-0.05, 0) is 12.8 Å². The number of hydrogen-bond acceptors (Lipinski definition) is 2. The number of amides is 1. The van der Waals surface area contributed by atoms with Crippen molar-refractivity contribution in [3.8, 4) is 0 Å². The summed E-state index contributed by atoms with van der Waals surface area (Å²) in [6.45, 7) is 6.16. The summed E-state index contributed by atoms with van der Waals surface area (Å²) in [6, 6.07) is 9.32. The van der Waals surface area contributed by atoms with Gasteiger partial charge in [-0.3, -0.25) is 9.59 Å². The molecule has 3 heteroatoms. The predicted octanol–water partition coefficient (Wildman–Crippen LogP) is 7.20. The van der Waals surface area contributed by atoms with Crippen LogP contribution in [-0.2, 0) is 4.79 Å². The normalized spacial score (nSPS) is 10.8. The Morgan fingerprint density at radius 1 is 0.655 bits per heavy atom. The molecule has 1 amide bonds. The lowest BCUT2D eigenvalue weighted by Crippen LogP contribution is -2.33. The van der Waals surface area contributed by atoms with Crippen LogP contribution in [0.1, 0.15) is 114 Å². The lowest BCUT2D eigenvalue weighted by atomic mass is 10.1. The van der Waals surface area contributed by atoms with Crippen LogP contribution >= 0.6 is 0 Å². The summed E-state index contributed by atoms with van der Waals surface area (Å²) < 4.78 is 0. The summed E-state index contributed by atoms with van der Waals surface area (Å²) in [5.41, 5.74) is 0.707. The van der Waals surface area contributed by atoms with E-state index in [2.05, 4.69) is 13.8 Å². The van der Waals surface area contributed by atoms with E-state index in [-0.39, 0.29) is 11.7 Å². The van der Waals surface area contributed by atoms with Crippen molar-refractivity contribution in [1.82, 2.24) is 4.90 Å². The van der Waals surface area contributed by atoms with Crippen LogP contribution in [0.2, 0.25) is 0 Å². The molecule has 0 aliphatic carbocycles. The monoisotopic (exact) mass is 401 g/mol. The average molecular weight is 402 g/mol. The summed E-state index contributed by atoms with van der Waals surface area (Å²) in [4.78, 5) is 27.1. The highest BCUT2D eigenvalue weighted by molar-refractivity contribution is 5.97. The number of nitrogens with zero attached hydrogens (tertiary/aromatic N) is 1. The van der Waals surface area contributed by atoms with E-state index in [9.17, 15) is 9.59 Å². The number of benzene rings is 1. The Hall–Kier alpha value is -1.64. The van der Waals surface area contributed by atoms with Crippen molar-refractivity contribution >= 4 is 11.7 Å². The summed E-state index contributed by atoms with van der Waals surface area (Å²) in [6.07, 6.45) is 15.5. The average Bonchev–Trinajstić information content (AvgIpc) is 2.75. The second kappa shape index (κ2) is 17.2. The highest BCUT2D eigenvalue weighted by atomic mass is 16.2. The van der Waals surface area contributed by atoms with Gasteiger partial charge in [-0.25, -0.2) is 0 Å². The van der Waals surface area contributed by atoms with Crippen LogP contribution in [0, 0.1) is 0 Å². The standard InChI is InChI=1S/C26H43NO2/c1-3-5-7-9-11-16-22-27(23-17-12-10-8-6-4-2)26(29)21-20-25(28)24-18-14-13-15-19-24/h13-15,18-19H,3-12,16-17,20-23H2,1-2H3. The quantitative estimate of drug-likeness (QED) is 0.193. The number of ketones is 1. The fraction of sp³-hybridized carbons (Fsp3) is 0.692. The predicted molar refractivity (Wildman–Crippen MR) is 123 cm³/mol. The SMILES string of the molecule is CCCCCCCCN(CCCCCCCC)C(=O)CCC(=O)c1ccccc1. The van der Waals surface area contributed by atoms with E-state index in [0.29, 0.717) is 18.4 Å². The van der Waals surface area contributed by atoms with E-state index in [1.807, 2.05) is 35.2 Å². The summed E-state index contributed by atoms with van der Waals surface area (Å²) in [5, 5.41) is 0. The number of carbonyl (C=O) groups is 2. The topological polar surface area (TPSA) is 37.4 Å². The maximum absolute atomic E-state index is 12.8. The van der Waals surface area contributed by atoms with Crippen molar-refractivity contribution in [1.29, 1.82) is 0 Å². The van der Waals surface area contributed by atoms with E-state index in [0.717, 1.165) is 25.9 Å². The lowest BCUT2D eigenvalue weighted by molar-refractivity contribution is -0.131. The van der Waals surface area contributed by atoms with Gasteiger partial charge in [0.2, 0.25) is 5.91 Å². The Bertz CT molecular complexity index is 525. The van der Waals surface area contributed by atoms with Crippen LogP contribution in [0.25, 0.3) is 0 Å². The first-order valence-corrected chi connectivity index (χ1v) is 12.0. The zero-order valence-corrected chi connectivity index (χ0v) is 19.0. The van der Waals surface area contributed by atoms with Gasteiger partial charge in [0.25, 0.3) is 0 Å². The molecule has 1 aromatic rings. The Labute approximate surface area is 179 Å². The highest BCUT2D eigenvalue weighted by Crippen LogP contribution is 2.12. The molecule has 0 N–H and O–H groups in total. The molecule has 3 nitrogen and oxygen atoms in total. The number of unbranched alkanes of at least 4 members (excludes halogenated alkanes) is 10. The fourth-order valence-corrected chi connectivity index (χ4v) is 3.67. The molecular weight excluding hydrogens is 358 g/mol. The molecule has 1 aromatic carbocycles. The Kier molecular flexibility index (Phi) is 15.1. The third kappa shape index (κ3) is 12.5. The highest BCUT2D eigenvalue weighted by Gasteiger charge is 2.15. The molecule has 0 atom stereocenters. The Morgan fingerprint density at radius 2 is 1.14 bits per heavy atom. The van der Waals surface area contributed by atoms with Crippen molar-refractivity contribution in [2.45, 2.75) is 104 Å². The molecule has 0 bridgehead atoms. The summed E-state index contributed by atoms with van der Waals surface area (Å²) in [5.74, 6) is 0.217. The van der Waals surface area contributed by atoms with E-state index >= 15 is 0 Å². The molecule has 0 spiro atoms. The van der Waals surface area contributed by atoms with Crippen LogP contribution in [0.5, 0.6) is 0 Å². The number of hydrogen-bond donors (Lipinski definition) is 0. The molecule has 0 saturated carbocycles. The van der Waals surface area contributed by atoms with Crippen molar-refractivity contribution < 1.29 is 9.59 Å². The van der Waals surface area contributed by atoms with Crippen molar-refractivity contribution in [2.75, 3.05) is 13.1 Å². The van der Waals surface area contributed by atoms with Gasteiger partial charge >= 0.3 is 0 Å². The molecular formula is C26H43NO2. The summed E-state index contributed by atoms with van der Waals surface area (Å²) in [7, 11) is 0. The molecule has 164 valence electrons. The molecule has 0 fully saturated rings. The molecule has 0 aliphatic rings. The molecule has 0 aromatic heterocycles. The number of rotatable bonds is 18. The zero-order chi connectivity index (χ0) is 21.2. The third-order valence-corrected chi connectivity index (χ3v) is 5.58. The van der Waals surface area contributed by atoms with E-state index in [4.69, 9.17) is 0 Å². The second-order valence-corrected chi connectivity index (χ2v) is 8.21. The minimum absolute atomic E-state index is 0.0676. The van der Waals surface area contributed by atoms with Gasteiger partial charge in [-0.15, -0.1) is 0 Å². The van der Waals surface area contributed by atoms with E-state index < -0.39 is 0 Å². The number of Topliss-reactive ketones (excluding diaryl/α,β-unsaturated/α-hetero) is 1. The van der Waals surface area contributed by atoms with Crippen LogP contribution in [-0.4, -0.2) is 29.7 Å². The molecule has 29 heavy (non-hydrogen) atoms. The van der Waals surface area contributed by atoms with Gasteiger partial charge < -0.3 is 4.90 Å². The zero-order valence-electron chi connectivity index (χ0n) is 19.0. The molecule has 0 saturated heterocycles. The summed E-state index contributed by atoms with van der Waals surface area (Å²) >= 11 is 0. The number of carbonyl (C=O) groups excluding carboxylic acids is 2. The largest absolute Gasteiger partial charge is 0.343 e. The first-order chi connectivity index (χ1) is 14.2. The molecule has 0 radical (unpaired) electrons. The van der Waals surface area contributed by atoms with Gasteiger partial charge in [-0.1, -0.05) is 108 Å². The fourth-order valence-electron chi connectivity index (χ4n) is 3.67. The maximum atomic E-state index is 12.8. The maximum Gasteiger partial charge on any atom is 0.223 e. The van der Waals surface area contributed by atoms with Crippen LogP contribution in [0.15, 0.2) is 30.3 Å². The van der Waals surface area contributed by atoms with Gasteiger partial charge in [0, 0.05) is 31.5 Å². The smallest absolute Gasteiger partial charge is 0.223 e. The minimum atomic E-state index is 0.0676. The van der Waals surface area contributed by atoms with Gasteiger partial charge in [0.05, 0.1) is 0 Å². The molecule has 1 rings (SSSR count). The second-order valence-electron chi connectivity index (χ2n) is 8.21. The molecule has 0 heterocycles. The molecule has 0 aliphatic heterocycles. The van der Waals surface area contributed by atoms with Gasteiger partial charge in [-0.2, -0.15) is 0 Å². The van der Waals surface area contributed by atoms with E-state index in [1.54, 1.807) is 0 Å². The Balaban J connectivity index is 2.40. The third-order valence-electron chi connectivity index (χ3n) is 5.58. The van der Waals surface area contributed by atoms with Gasteiger partial charge in [0.15, 0.2) is 5.78 Å². The first kappa shape index (κ1) is 25.4. The van der Waals surface area contributed by atoms with Crippen molar-refractivity contribution in [3.05, 3.63) is 35.9 Å². The lowest BCUT2D eigenvalue weighted by Gasteiger charge is -2.23. The van der Waals surface area contributed by atoms with Crippen LogP contribution < -0.4 is 0 Å². The Morgan fingerprint density at radius 3 is 1.66 bits per heavy atom. The van der Waals surface area contributed by atoms with E-state index in [1.165, 1.54) is 64.2 Å². The van der Waals surface area contributed by atoms with Crippen molar-refractivity contribution in [2.24, 2.45) is 0 Å². The first-order valence-electron chi connectivity index (χ1n) is 12.0. The van der Waals surface area contributed by atoms with Crippen molar-refractivity contribution in [3.63, 3.8) is 0 Å².